The van der Waals surface area contributed by atoms with Gasteiger partial charge in [0.15, 0.2) is 0 Å². The van der Waals surface area contributed by atoms with Gasteiger partial charge >= 0.3 is 0 Å². The second-order valence-electron chi connectivity index (χ2n) is 4.41. The van der Waals surface area contributed by atoms with Gasteiger partial charge in [0.1, 0.15) is 17.3 Å². The molecule has 0 bridgehead atoms. The van der Waals surface area contributed by atoms with Crippen molar-refractivity contribution in [2.24, 2.45) is 0 Å². The SMILES string of the molecule is COc1ccc(C=CC(=O)Nc2ccccc2F)c(OC)c1. The highest BCUT2D eigenvalue weighted by atomic mass is 19.1. The number of hydrogen-bond donors (Lipinski definition) is 1. The summed E-state index contributed by atoms with van der Waals surface area (Å²) in [5, 5.41) is 2.47. The van der Waals surface area contributed by atoms with Gasteiger partial charge in [-0.3, -0.25) is 4.79 Å². The van der Waals surface area contributed by atoms with Crippen LogP contribution in [0.25, 0.3) is 6.08 Å². The van der Waals surface area contributed by atoms with Gasteiger partial charge in [-0.05, 0) is 30.3 Å². The van der Waals surface area contributed by atoms with Gasteiger partial charge in [-0.15, -0.1) is 0 Å². The van der Waals surface area contributed by atoms with Gasteiger partial charge in [-0.2, -0.15) is 0 Å². The maximum atomic E-state index is 13.4. The molecule has 22 heavy (non-hydrogen) atoms. The normalized spacial score (nSPS) is 10.5. The Morgan fingerprint density at radius 2 is 1.91 bits per heavy atom. The molecule has 0 heterocycles. The molecular weight excluding hydrogens is 285 g/mol. The van der Waals surface area contributed by atoms with E-state index in [9.17, 15) is 9.18 Å². The Bertz CT molecular complexity index is 698. The standard InChI is InChI=1S/C17H16FNO3/c1-21-13-9-7-12(16(11-13)22-2)8-10-17(20)19-15-6-4-3-5-14(15)18/h3-11H,1-2H3,(H,19,20). The topological polar surface area (TPSA) is 47.6 Å². The van der Waals surface area contributed by atoms with Crippen LogP contribution in [0.15, 0.2) is 48.5 Å². The molecule has 0 unspecified atom stereocenters. The van der Waals surface area contributed by atoms with E-state index in [2.05, 4.69) is 5.32 Å². The van der Waals surface area contributed by atoms with E-state index in [4.69, 9.17) is 9.47 Å². The predicted molar refractivity (Wildman–Crippen MR) is 83.6 cm³/mol. The number of nitrogens with one attached hydrogen (secondary N) is 1. The van der Waals surface area contributed by atoms with Crippen LogP contribution in [-0.2, 0) is 4.79 Å². The minimum Gasteiger partial charge on any atom is -0.497 e. The molecule has 114 valence electrons. The van der Waals surface area contributed by atoms with Crippen molar-refractivity contribution in [2.75, 3.05) is 19.5 Å². The summed E-state index contributed by atoms with van der Waals surface area (Å²) in [5.74, 6) is 0.327. The minimum absolute atomic E-state index is 0.138. The fraction of sp³-hybridized carbons (Fsp3) is 0.118. The van der Waals surface area contributed by atoms with Gasteiger partial charge in [0, 0.05) is 17.7 Å². The number of carbonyl (C=O) groups is 1. The first-order valence-corrected chi connectivity index (χ1v) is 6.59. The van der Waals surface area contributed by atoms with Crippen LogP contribution in [0.3, 0.4) is 0 Å². The lowest BCUT2D eigenvalue weighted by molar-refractivity contribution is -0.111. The Morgan fingerprint density at radius 3 is 2.59 bits per heavy atom. The van der Waals surface area contributed by atoms with E-state index in [1.807, 2.05) is 0 Å². The summed E-state index contributed by atoms with van der Waals surface area (Å²) in [6.07, 6.45) is 2.91. The summed E-state index contributed by atoms with van der Waals surface area (Å²) in [4.78, 5) is 11.8. The first-order valence-electron chi connectivity index (χ1n) is 6.59. The lowest BCUT2D eigenvalue weighted by atomic mass is 10.1. The highest BCUT2D eigenvalue weighted by molar-refractivity contribution is 6.02. The Labute approximate surface area is 128 Å². The molecular formula is C17H16FNO3. The van der Waals surface area contributed by atoms with E-state index in [0.717, 1.165) is 0 Å². The average Bonchev–Trinajstić information content (AvgIpc) is 2.55. The zero-order chi connectivity index (χ0) is 15.9. The predicted octanol–water partition coefficient (Wildman–Crippen LogP) is 3.49. The van der Waals surface area contributed by atoms with E-state index in [-0.39, 0.29) is 5.69 Å². The summed E-state index contributed by atoms with van der Waals surface area (Å²) in [7, 11) is 3.09. The van der Waals surface area contributed by atoms with Crippen molar-refractivity contribution in [2.45, 2.75) is 0 Å². The number of methoxy groups -OCH3 is 2. The fourth-order valence-corrected chi connectivity index (χ4v) is 1.86. The molecule has 0 aliphatic heterocycles. The number of hydrogen-bond acceptors (Lipinski definition) is 3. The van der Waals surface area contributed by atoms with Crippen LogP contribution in [0.2, 0.25) is 0 Å². The molecule has 2 rings (SSSR count). The van der Waals surface area contributed by atoms with Crippen LogP contribution in [0.4, 0.5) is 10.1 Å². The van der Waals surface area contributed by atoms with Crippen LogP contribution < -0.4 is 14.8 Å². The lowest BCUT2D eigenvalue weighted by Gasteiger charge is -2.07. The summed E-state index contributed by atoms with van der Waals surface area (Å²) >= 11 is 0. The molecule has 0 saturated carbocycles. The molecule has 1 amide bonds. The lowest BCUT2D eigenvalue weighted by Crippen LogP contribution is -2.09. The molecule has 2 aromatic rings. The maximum absolute atomic E-state index is 13.4. The van der Waals surface area contributed by atoms with Gasteiger partial charge < -0.3 is 14.8 Å². The Balaban J connectivity index is 2.11. The van der Waals surface area contributed by atoms with Gasteiger partial charge in [-0.1, -0.05) is 12.1 Å². The number of anilines is 1. The fourth-order valence-electron chi connectivity index (χ4n) is 1.86. The van der Waals surface area contributed by atoms with Crippen LogP contribution in [0, 0.1) is 5.82 Å². The van der Waals surface area contributed by atoms with E-state index in [1.54, 1.807) is 43.5 Å². The summed E-state index contributed by atoms with van der Waals surface area (Å²) in [6.45, 7) is 0. The Morgan fingerprint density at radius 1 is 1.14 bits per heavy atom. The van der Waals surface area contributed by atoms with Crippen molar-refractivity contribution in [3.8, 4) is 11.5 Å². The quantitative estimate of drug-likeness (QED) is 0.860. The molecule has 0 aromatic heterocycles. The monoisotopic (exact) mass is 301 g/mol. The third kappa shape index (κ3) is 3.85. The number of benzene rings is 2. The zero-order valence-electron chi connectivity index (χ0n) is 12.3. The summed E-state index contributed by atoms with van der Waals surface area (Å²) in [6, 6.07) is 11.2. The molecule has 0 spiro atoms. The van der Waals surface area contributed by atoms with E-state index in [0.29, 0.717) is 17.1 Å². The number of rotatable bonds is 5. The van der Waals surface area contributed by atoms with E-state index in [1.165, 1.54) is 25.3 Å². The molecule has 2 aromatic carbocycles. The number of carbonyl (C=O) groups excluding carboxylic acids is 1. The van der Waals surface area contributed by atoms with Gasteiger partial charge in [0.05, 0.1) is 19.9 Å². The van der Waals surface area contributed by atoms with Gasteiger partial charge in [0.2, 0.25) is 5.91 Å². The van der Waals surface area contributed by atoms with Crippen molar-refractivity contribution >= 4 is 17.7 Å². The van der Waals surface area contributed by atoms with Crippen LogP contribution in [0.1, 0.15) is 5.56 Å². The first kappa shape index (κ1) is 15.6. The highest BCUT2D eigenvalue weighted by Gasteiger charge is 2.05. The molecule has 0 aliphatic carbocycles. The largest absolute Gasteiger partial charge is 0.497 e. The summed E-state index contributed by atoms with van der Waals surface area (Å²) in [5.41, 5.74) is 0.853. The highest BCUT2D eigenvalue weighted by Crippen LogP contribution is 2.25. The number of ether oxygens (including phenoxy) is 2. The molecule has 5 heteroatoms. The molecule has 0 radical (unpaired) electrons. The second-order valence-corrected chi connectivity index (χ2v) is 4.41. The van der Waals surface area contributed by atoms with Gasteiger partial charge in [-0.25, -0.2) is 4.39 Å². The molecule has 0 aliphatic rings. The van der Waals surface area contributed by atoms with Gasteiger partial charge in [0.25, 0.3) is 0 Å². The van der Waals surface area contributed by atoms with Crippen LogP contribution in [0.5, 0.6) is 11.5 Å². The Hall–Kier alpha value is -2.82. The molecule has 0 atom stereocenters. The Kier molecular flexibility index (Phi) is 5.14. The van der Waals surface area contributed by atoms with Crippen molar-refractivity contribution in [3.63, 3.8) is 0 Å². The molecule has 1 N–H and O–H groups in total. The zero-order valence-corrected chi connectivity index (χ0v) is 12.3. The third-order valence-corrected chi connectivity index (χ3v) is 2.99. The van der Waals surface area contributed by atoms with Crippen molar-refractivity contribution in [3.05, 3.63) is 59.9 Å². The average molecular weight is 301 g/mol. The van der Waals surface area contributed by atoms with Crippen LogP contribution >= 0.6 is 0 Å². The van der Waals surface area contributed by atoms with Crippen molar-refractivity contribution in [1.82, 2.24) is 0 Å². The first-order chi connectivity index (χ1) is 10.6. The van der Waals surface area contributed by atoms with Crippen LogP contribution in [-0.4, -0.2) is 20.1 Å². The van der Waals surface area contributed by atoms with Crippen molar-refractivity contribution < 1.29 is 18.7 Å². The maximum Gasteiger partial charge on any atom is 0.248 e. The summed E-state index contributed by atoms with van der Waals surface area (Å²) < 4.78 is 23.8. The van der Waals surface area contributed by atoms with E-state index < -0.39 is 11.7 Å². The molecule has 0 saturated heterocycles. The third-order valence-electron chi connectivity index (χ3n) is 2.99. The number of amides is 1. The number of halogens is 1. The smallest absolute Gasteiger partial charge is 0.248 e. The second kappa shape index (κ2) is 7.26. The number of para-hydroxylation sites is 1. The van der Waals surface area contributed by atoms with E-state index >= 15 is 0 Å². The van der Waals surface area contributed by atoms with Crippen molar-refractivity contribution in [1.29, 1.82) is 0 Å². The molecule has 0 fully saturated rings. The minimum atomic E-state index is -0.480. The molecule has 4 nitrogen and oxygen atoms in total.